The van der Waals surface area contributed by atoms with Crippen LogP contribution in [-0.4, -0.2) is 27.2 Å². The molecular weight excluding hydrogens is 306 g/mol. The molecule has 1 aromatic carbocycles. The topological polar surface area (TPSA) is 70.8 Å². The van der Waals surface area contributed by atoms with Gasteiger partial charge in [-0.05, 0) is 30.2 Å². The summed E-state index contributed by atoms with van der Waals surface area (Å²) in [7, 11) is 0. The summed E-state index contributed by atoms with van der Waals surface area (Å²) in [5, 5.41) is 1.09. The number of H-pyrrole nitrogens is 1. The molecule has 3 N–H and O–H groups in total. The monoisotopic (exact) mass is 323 g/mol. The molecule has 2 aromatic heterocycles. The number of hydrogen-bond donors (Lipinski definition) is 2. The Labute approximate surface area is 138 Å². The highest BCUT2D eigenvalue weighted by molar-refractivity contribution is 8.08. The number of anilines is 2. The van der Waals surface area contributed by atoms with Crippen LogP contribution in [0.1, 0.15) is 11.1 Å². The van der Waals surface area contributed by atoms with Crippen molar-refractivity contribution in [3.63, 3.8) is 0 Å². The Bertz CT molecular complexity index is 899. The van der Waals surface area contributed by atoms with E-state index in [4.69, 9.17) is 5.73 Å². The number of aryl methyl sites for hydroxylation is 1. The maximum atomic E-state index is 5.92. The van der Waals surface area contributed by atoms with Gasteiger partial charge in [-0.15, -0.1) is 11.8 Å². The fourth-order valence-corrected chi connectivity index (χ4v) is 3.83. The Balaban J connectivity index is 1.79. The van der Waals surface area contributed by atoms with Crippen LogP contribution in [0.2, 0.25) is 0 Å². The molecule has 3 aromatic rings. The van der Waals surface area contributed by atoms with Gasteiger partial charge in [-0.2, -0.15) is 0 Å². The number of nitrogens with two attached hydrogens (primary N) is 1. The maximum Gasteiger partial charge on any atom is 0.145 e. The molecule has 6 heteroatoms. The number of aromatic nitrogens is 3. The molecule has 23 heavy (non-hydrogen) atoms. The summed E-state index contributed by atoms with van der Waals surface area (Å²) >= 11 is 1.85. The van der Waals surface area contributed by atoms with Crippen molar-refractivity contribution in [2.75, 3.05) is 22.9 Å². The van der Waals surface area contributed by atoms with Crippen LogP contribution in [0.5, 0.6) is 0 Å². The zero-order chi connectivity index (χ0) is 15.8. The number of aromatic amines is 1. The first-order chi connectivity index (χ1) is 11.2. The minimum atomic E-state index is 0.784. The van der Waals surface area contributed by atoms with Gasteiger partial charge in [0.25, 0.3) is 0 Å². The van der Waals surface area contributed by atoms with E-state index in [1.807, 2.05) is 36.2 Å². The van der Waals surface area contributed by atoms with E-state index < -0.39 is 0 Å². The van der Waals surface area contributed by atoms with E-state index in [0.29, 0.717) is 0 Å². The van der Waals surface area contributed by atoms with Gasteiger partial charge in [0, 0.05) is 35.3 Å². The van der Waals surface area contributed by atoms with E-state index in [9.17, 15) is 0 Å². The molecular formula is C17H17N5S. The molecule has 1 aliphatic heterocycles. The van der Waals surface area contributed by atoms with Crippen LogP contribution < -0.4 is 10.6 Å². The summed E-state index contributed by atoms with van der Waals surface area (Å²) < 4.78 is 0. The van der Waals surface area contributed by atoms with Crippen LogP contribution in [-0.2, 0) is 0 Å². The molecule has 0 bridgehead atoms. The van der Waals surface area contributed by atoms with Crippen molar-refractivity contribution in [2.24, 2.45) is 0 Å². The average molecular weight is 323 g/mol. The third-order valence-electron chi connectivity index (χ3n) is 3.95. The van der Waals surface area contributed by atoms with Crippen molar-refractivity contribution in [1.29, 1.82) is 0 Å². The van der Waals surface area contributed by atoms with Crippen LogP contribution in [0.4, 0.5) is 11.5 Å². The highest BCUT2D eigenvalue weighted by Crippen LogP contribution is 2.35. The smallest absolute Gasteiger partial charge is 0.145 e. The Morgan fingerprint density at radius 2 is 2.22 bits per heavy atom. The first kappa shape index (κ1) is 14.1. The molecule has 0 fully saturated rings. The summed E-state index contributed by atoms with van der Waals surface area (Å²) in [5.41, 5.74) is 9.89. The van der Waals surface area contributed by atoms with Gasteiger partial charge in [0.15, 0.2) is 0 Å². The minimum Gasteiger partial charge on any atom is -0.399 e. The lowest BCUT2D eigenvalue weighted by Gasteiger charge is -2.26. The molecule has 0 amide bonds. The average Bonchev–Trinajstić information content (AvgIpc) is 2.97. The lowest BCUT2D eigenvalue weighted by atomic mass is 10.2. The van der Waals surface area contributed by atoms with Crippen LogP contribution in [0.25, 0.3) is 15.9 Å². The van der Waals surface area contributed by atoms with E-state index in [-0.39, 0.29) is 0 Å². The van der Waals surface area contributed by atoms with Crippen LogP contribution in [0, 0.1) is 6.92 Å². The number of rotatable bonds is 2. The summed E-state index contributed by atoms with van der Waals surface area (Å²) in [6.07, 6.45) is 5.75. The molecule has 116 valence electrons. The first-order valence-corrected chi connectivity index (χ1v) is 8.47. The largest absolute Gasteiger partial charge is 0.399 e. The third-order valence-corrected chi connectivity index (χ3v) is 4.99. The second-order valence-electron chi connectivity index (χ2n) is 5.55. The van der Waals surface area contributed by atoms with Crippen molar-refractivity contribution < 1.29 is 0 Å². The van der Waals surface area contributed by atoms with Gasteiger partial charge in [-0.1, -0.05) is 12.1 Å². The predicted octanol–water partition coefficient (Wildman–Crippen LogP) is 3.40. The molecule has 0 atom stereocenters. The van der Waals surface area contributed by atoms with Crippen molar-refractivity contribution >= 4 is 39.2 Å². The number of hydrogen-bond acceptors (Lipinski definition) is 5. The third kappa shape index (κ3) is 2.55. The van der Waals surface area contributed by atoms with Crippen LogP contribution >= 0.6 is 11.8 Å². The van der Waals surface area contributed by atoms with Gasteiger partial charge in [0.05, 0.1) is 5.39 Å². The second-order valence-corrected chi connectivity index (χ2v) is 6.69. The van der Waals surface area contributed by atoms with E-state index >= 15 is 0 Å². The number of fused-ring (bicyclic) bond motifs is 1. The van der Waals surface area contributed by atoms with Crippen molar-refractivity contribution in [1.82, 2.24) is 15.0 Å². The molecule has 0 saturated heterocycles. The lowest BCUT2D eigenvalue weighted by Crippen LogP contribution is -2.24. The van der Waals surface area contributed by atoms with E-state index in [1.165, 1.54) is 4.91 Å². The van der Waals surface area contributed by atoms with Crippen molar-refractivity contribution in [3.05, 3.63) is 54.1 Å². The lowest BCUT2D eigenvalue weighted by molar-refractivity contribution is 0.987. The van der Waals surface area contributed by atoms with Gasteiger partial charge in [0.2, 0.25) is 0 Å². The summed E-state index contributed by atoms with van der Waals surface area (Å²) in [6, 6.07) is 8.01. The number of nitrogens with one attached hydrogen (secondary N) is 1. The summed E-state index contributed by atoms with van der Waals surface area (Å²) in [5.74, 6) is 1.96. The summed E-state index contributed by atoms with van der Waals surface area (Å²) in [6.45, 7) is 3.00. The SMILES string of the molecule is Cc1c[nH]c2ncnc(N3C=C(c4cccc(N)c4)SCC3)c12. The number of benzene rings is 1. The van der Waals surface area contributed by atoms with Gasteiger partial charge in [-0.3, -0.25) is 0 Å². The predicted molar refractivity (Wildman–Crippen MR) is 97.3 cm³/mol. The fraction of sp³-hybridized carbons (Fsp3) is 0.176. The Hall–Kier alpha value is -2.47. The van der Waals surface area contributed by atoms with Gasteiger partial charge in [-0.25, -0.2) is 9.97 Å². The fourth-order valence-electron chi connectivity index (χ4n) is 2.83. The van der Waals surface area contributed by atoms with Crippen molar-refractivity contribution in [3.8, 4) is 0 Å². The molecule has 0 radical (unpaired) electrons. The Morgan fingerprint density at radius 1 is 1.30 bits per heavy atom. The Morgan fingerprint density at radius 3 is 3.09 bits per heavy atom. The number of nitrogen functional groups attached to an aromatic ring is 1. The van der Waals surface area contributed by atoms with Crippen LogP contribution in [0.3, 0.4) is 0 Å². The quantitative estimate of drug-likeness (QED) is 0.707. The Kier molecular flexibility index (Phi) is 3.46. The zero-order valence-electron chi connectivity index (χ0n) is 12.8. The van der Waals surface area contributed by atoms with Crippen molar-refractivity contribution in [2.45, 2.75) is 6.92 Å². The minimum absolute atomic E-state index is 0.784. The summed E-state index contributed by atoms with van der Waals surface area (Å²) in [4.78, 5) is 15.5. The van der Waals surface area contributed by atoms with E-state index in [2.05, 4.69) is 39.0 Å². The molecule has 0 unspecified atom stereocenters. The number of thioether (sulfide) groups is 1. The highest BCUT2D eigenvalue weighted by atomic mass is 32.2. The molecule has 5 nitrogen and oxygen atoms in total. The zero-order valence-corrected chi connectivity index (χ0v) is 13.6. The molecule has 4 rings (SSSR count). The standard InChI is InChI=1S/C17H17N5S/c1-11-8-19-16-15(11)17(21-10-20-16)22-5-6-23-14(9-22)12-3-2-4-13(18)7-12/h2-4,7-10H,5-6,18H2,1H3,(H,19,20,21). The molecule has 0 saturated carbocycles. The second kappa shape index (κ2) is 5.62. The van der Waals surface area contributed by atoms with Gasteiger partial charge >= 0.3 is 0 Å². The molecule has 3 heterocycles. The van der Waals surface area contributed by atoms with Crippen LogP contribution in [0.15, 0.2) is 43.0 Å². The normalized spacial score (nSPS) is 15.0. The molecule has 0 spiro atoms. The molecule has 1 aliphatic rings. The van der Waals surface area contributed by atoms with E-state index in [0.717, 1.165) is 46.0 Å². The maximum absolute atomic E-state index is 5.92. The highest BCUT2D eigenvalue weighted by Gasteiger charge is 2.18. The first-order valence-electron chi connectivity index (χ1n) is 7.48. The number of nitrogens with zero attached hydrogens (tertiary/aromatic N) is 3. The van der Waals surface area contributed by atoms with E-state index in [1.54, 1.807) is 6.33 Å². The van der Waals surface area contributed by atoms with Gasteiger partial charge in [0.1, 0.15) is 17.8 Å². The van der Waals surface area contributed by atoms with Gasteiger partial charge < -0.3 is 15.6 Å². The molecule has 0 aliphatic carbocycles.